The van der Waals surface area contributed by atoms with Gasteiger partial charge in [0.1, 0.15) is 10.8 Å². The first-order valence-electron chi connectivity index (χ1n) is 9.55. The van der Waals surface area contributed by atoms with Crippen molar-refractivity contribution in [1.29, 1.82) is 0 Å². The first kappa shape index (κ1) is 19.5. The van der Waals surface area contributed by atoms with Gasteiger partial charge in [0, 0.05) is 35.3 Å². The summed E-state index contributed by atoms with van der Waals surface area (Å²) in [6.07, 6.45) is 4.57. The quantitative estimate of drug-likeness (QED) is 0.486. The molecule has 0 saturated carbocycles. The molecule has 1 saturated heterocycles. The predicted octanol–water partition coefficient (Wildman–Crippen LogP) is 4.81. The molecule has 0 radical (unpaired) electrons. The van der Waals surface area contributed by atoms with Gasteiger partial charge in [-0.2, -0.15) is 0 Å². The number of rotatable bonds is 5. The number of carbonyl (C=O) groups is 1. The van der Waals surface area contributed by atoms with E-state index in [1.165, 1.54) is 29.5 Å². The number of allylic oxidation sites excluding steroid dienone is 1. The van der Waals surface area contributed by atoms with Crippen LogP contribution in [0.2, 0.25) is 0 Å². The third-order valence-electron chi connectivity index (χ3n) is 5.00. The molecule has 148 valence electrons. The Hall–Kier alpha value is -2.83. The lowest BCUT2D eigenvalue weighted by atomic mass is 10.1. The minimum absolute atomic E-state index is 0.0815. The number of hydrogen-bond acceptors (Lipinski definition) is 5. The largest absolute Gasteiger partial charge is 0.393 e. The van der Waals surface area contributed by atoms with Gasteiger partial charge in [0.25, 0.3) is 0 Å². The van der Waals surface area contributed by atoms with Gasteiger partial charge in [0.05, 0.1) is 11.8 Å². The molecule has 4 rings (SSSR count). The lowest BCUT2D eigenvalue weighted by molar-refractivity contribution is 0.104. The van der Waals surface area contributed by atoms with Gasteiger partial charge in [-0.15, -0.1) is 11.3 Å². The average molecular weight is 408 g/mol. The number of benzene rings is 2. The zero-order chi connectivity index (χ0) is 20.2. The maximum absolute atomic E-state index is 13.0. The summed E-state index contributed by atoms with van der Waals surface area (Å²) >= 11 is 1.45. The number of aromatic nitrogens is 1. The molecule has 0 aliphatic carbocycles. The lowest BCUT2D eigenvalue weighted by Gasteiger charge is -2.31. The highest BCUT2D eigenvalue weighted by molar-refractivity contribution is 7.13. The van der Waals surface area contributed by atoms with Crippen LogP contribution < -0.4 is 4.90 Å². The van der Waals surface area contributed by atoms with E-state index in [1.54, 1.807) is 18.2 Å². The number of thiazole rings is 1. The summed E-state index contributed by atoms with van der Waals surface area (Å²) in [7, 11) is 0. The Morgan fingerprint density at radius 2 is 1.79 bits per heavy atom. The van der Waals surface area contributed by atoms with Crippen LogP contribution in [0.5, 0.6) is 0 Å². The first-order valence-corrected chi connectivity index (χ1v) is 10.4. The van der Waals surface area contributed by atoms with E-state index >= 15 is 0 Å². The van der Waals surface area contributed by atoms with Gasteiger partial charge in [-0.1, -0.05) is 0 Å². The van der Waals surface area contributed by atoms with Crippen LogP contribution in [0.15, 0.2) is 60.0 Å². The molecule has 1 aromatic heterocycles. The van der Waals surface area contributed by atoms with E-state index in [9.17, 15) is 14.3 Å². The van der Waals surface area contributed by atoms with E-state index in [4.69, 9.17) is 0 Å². The number of halogens is 1. The second-order valence-corrected chi connectivity index (χ2v) is 7.91. The van der Waals surface area contributed by atoms with Crippen molar-refractivity contribution >= 4 is 28.9 Å². The number of aliphatic hydroxyl groups is 1. The molecule has 0 spiro atoms. The predicted molar refractivity (Wildman–Crippen MR) is 115 cm³/mol. The minimum atomic E-state index is -0.278. The summed E-state index contributed by atoms with van der Waals surface area (Å²) in [4.78, 5) is 19.2. The molecule has 0 bridgehead atoms. The molecule has 1 N–H and O–H groups in total. The Bertz CT molecular complexity index is 1000. The van der Waals surface area contributed by atoms with E-state index in [0.29, 0.717) is 11.3 Å². The van der Waals surface area contributed by atoms with Crippen LogP contribution >= 0.6 is 11.3 Å². The summed E-state index contributed by atoms with van der Waals surface area (Å²) in [5.41, 5.74) is 3.24. The molecule has 29 heavy (non-hydrogen) atoms. The van der Waals surface area contributed by atoms with Gasteiger partial charge in [-0.05, 0) is 73.5 Å². The lowest BCUT2D eigenvalue weighted by Crippen LogP contribution is -2.35. The van der Waals surface area contributed by atoms with Crippen LogP contribution in [0.1, 0.15) is 28.9 Å². The number of piperidine rings is 1. The molecule has 2 aromatic carbocycles. The van der Waals surface area contributed by atoms with Crippen LogP contribution in [-0.4, -0.2) is 35.1 Å². The van der Waals surface area contributed by atoms with Gasteiger partial charge in [0.15, 0.2) is 5.78 Å². The fraction of sp³-hybridized carbons (Fsp3) is 0.217. The topological polar surface area (TPSA) is 53.4 Å². The van der Waals surface area contributed by atoms with E-state index in [-0.39, 0.29) is 17.7 Å². The first-order chi connectivity index (χ1) is 14.1. The molecule has 0 unspecified atom stereocenters. The van der Waals surface area contributed by atoms with E-state index in [2.05, 4.69) is 9.88 Å². The van der Waals surface area contributed by atoms with Crippen molar-refractivity contribution in [3.8, 4) is 10.6 Å². The molecular formula is C23H21FN2O2S. The van der Waals surface area contributed by atoms with Gasteiger partial charge >= 0.3 is 0 Å². The maximum atomic E-state index is 13.0. The van der Waals surface area contributed by atoms with E-state index in [0.717, 1.165) is 42.2 Å². The molecule has 0 amide bonds. The second-order valence-electron chi connectivity index (χ2n) is 7.05. The number of hydrogen-bond donors (Lipinski definition) is 1. The Balaban J connectivity index is 1.40. The molecule has 1 fully saturated rings. The molecular weight excluding hydrogens is 387 g/mol. The van der Waals surface area contributed by atoms with Crippen LogP contribution in [0.25, 0.3) is 16.6 Å². The summed E-state index contributed by atoms with van der Waals surface area (Å²) in [6, 6.07) is 13.8. The highest BCUT2D eigenvalue weighted by Gasteiger charge is 2.17. The third kappa shape index (κ3) is 4.78. The van der Waals surface area contributed by atoms with Crippen LogP contribution in [-0.2, 0) is 0 Å². The molecule has 6 heteroatoms. The number of aliphatic hydroxyl groups excluding tert-OH is 1. The molecule has 1 aliphatic heterocycles. The van der Waals surface area contributed by atoms with Gasteiger partial charge in [-0.25, -0.2) is 9.37 Å². The smallest absolute Gasteiger partial charge is 0.185 e. The summed E-state index contributed by atoms with van der Waals surface area (Å²) < 4.78 is 13.0. The monoisotopic (exact) mass is 408 g/mol. The van der Waals surface area contributed by atoms with Crippen molar-refractivity contribution in [3.05, 3.63) is 77.1 Å². The van der Waals surface area contributed by atoms with E-state index in [1.807, 2.05) is 29.6 Å². The molecule has 0 atom stereocenters. The van der Waals surface area contributed by atoms with Crippen LogP contribution in [0, 0.1) is 5.82 Å². The summed E-state index contributed by atoms with van der Waals surface area (Å²) in [5.74, 6) is -0.359. The van der Waals surface area contributed by atoms with Crippen molar-refractivity contribution in [2.24, 2.45) is 0 Å². The van der Waals surface area contributed by atoms with Crippen molar-refractivity contribution < 1.29 is 14.3 Å². The van der Waals surface area contributed by atoms with Gasteiger partial charge in [-0.3, -0.25) is 4.79 Å². The Morgan fingerprint density at radius 3 is 2.48 bits per heavy atom. The summed E-state index contributed by atoms with van der Waals surface area (Å²) in [5, 5.41) is 12.3. The maximum Gasteiger partial charge on any atom is 0.185 e. The fourth-order valence-electron chi connectivity index (χ4n) is 3.31. The number of anilines is 1. The number of carbonyl (C=O) groups excluding carboxylic acids is 1. The van der Waals surface area contributed by atoms with Crippen molar-refractivity contribution in [2.75, 3.05) is 18.0 Å². The third-order valence-corrected chi connectivity index (χ3v) is 5.91. The number of nitrogens with zero attached hydrogens (tertiary/aromatic N) is 2. The van der Waals surface area contributed by atoms with Crippen LogP contribution in [0.4, 0.5) is 10.1 Å². The average Bonchev–Trinajstić information content (AvgIpc) is 3.22. The number of ketones is 1. The SMILES string of the molecule is O=C(/C=C/c1csc(-c2ccc(F)cc2)n1)c1ccc(N2CCC(O)CC2)cc1. The molecule has 3 aromatic rings. The fourth-order valence-corrected chi connectivity index (χ4v) is 4.10. The normalized spacial score (nSPS) is 15.2. The highest BCUT2D eigenvalue weighted by atomic mass is 32.1. The molecule has 1 aliphatic rings. The van der Waals surface area contributed by atoms with Gasteiger partial charge in [0.2, 0.25) is 0 Å². The van der Waals surface area contributed by atoms with Crippen molar-refractivity contribution in [3.63, 3.8) is 0 Å². The minimum Gasteiger partial charge on any atom is -0.393 e. The molecule has 4 nitrogen and oxygen atoms in total. The summed E-state index contributed by atoms with van der Waals surface area (Å²) in [6.45, 7) is 1.66. The van der Waals surface area contributed by atoms with Crippen LogP contribution in [0.3, 0.4) is 0 Å². The highest BCUT2D eigenvalue weighted by Crippen LogP contribution is 2.25. The Morgan fingerprint density at radius 1 is 1.10 bits per heavy atom. The van der Waals surface area contributed by atoms with Crippen molar-refractivity contribution in [1.82, 2.24) is 4.98 Å². The van der Waals surface area contributed by atoms with E-state index < -0.39 is 0 Å². The second kappa shape index (κ2) is 8.68. The molecule has 2 heterocycles. The van der Waals surface area contributed by atoms with Crippen molar-refractivity contribution in [2.45, 2.75) is 18.9 Å². The zero-order valence-electron chi connectivity index (χ0n) is 15.8. The zero-order valence-corrected chi connectivity index (χ0v) is 16.6. The van der Waals surface area contributed by atoms with Gasteiger partial charge < -0.3 is 10.0 Å². The Kier molecular flexibility index (Phi) is 5.83. The standard InChI is InChI=1S/C23H21FN2O2S/c24-18-5-1-17(2-6-18)23-25-19(15-29-23)7-10-22(28)16-3-8-20(9-4-16)26-13-11-21(27)12-14-26/h1-10,15,21,27H,11-14H2/b10-7+. The Labute approximate surface area is 173 Å².